The summed E-state index contributed by atoms with van der Waals surface area (Å²) in [6.45, 7) is 5.62. The molecule has 0 aliphatic carbocycles. The maximum Gasteiger partial charge on any atom is 0.340 e. The van der Waals surface area contributed by atoms with Crippen LogP contribution in [0.25, 0.3) is 5.57 Å². The molecule has 0 amide bonds. The summed E-state index contributed by atoms with van der Waals surface area (Å²) < 4.78 is 4.62. The first-order valence-electron chi connectivity index (χ1n) is 6.50. The molecule has 0 aromatic heterocycles. The van der Waals surface area contributed by atoms with Gasteiger partial charge in [0.1, 0.15) is 0 Å². The molecule has 4 heteroatoms. The molecular weight excluding hydrogens is 284 g/mol. The number of hydrogen-bond donors (Lipinski definition) is 1. The van der Waals surface area contributed by atoms with Crippen LogP contribution < -0.4 is 0 Å². The average Bonchev–Trinajstić information content (AvgIpc) is 2.48. The van der Waals surface area contributed by atoms with Crippen LogP contribution in [0.4, 0.5) is 0 Å². The molecule has 3 nitrogen and oxygen atoms in total. The van der Waals surface area contributed by atoms with Crippen LogP contribution in [0.3, 0.4) is 0 Å². The number of rotatable bonds is 2. The van der Waals surface area contributed by atoms with E-state index in [1.54, 1.807) is 23.9 Å². The minimum absolute atomic E-state index is 0.429. The van der Waals surface area contributed by atoms with Crippen LogP contribution >= 0.6 is 11.8 Å². The van der Waals surface area contributed by atoms with Gasteiger partial charge < -0.3 is 9.84 Å². The molecule has 1 N–H and O–H groups in total. The summed E-state index contributed by atoms with van der Waals surface area (Å²) in [6, 6.07) is 11.6. The third kappa shape index (κ3) is 2.48. The lowest BCUT2D eigenvalue weighted by molar-refractivity contribution is 0.00681. The maximum atomic E-state index is 11.7. The van der Waals surface area contributed by atoms with Crippen LogP contribution in [0.2, 0.25) is 0 Å². The second-order valence-electron chi connectivity index (χ2n) is 4.85. The van der Waals surface area contributed by atoms with Crippen molar-refractivity contribution in [2.75, 3.05) is 6.79 Å². The van der Waals surface area contributed by atoms with Crippen LogP contribution in [0.15, 0.2) is 52.8 Å². The number of aryl methyl sites for hydroxylation is 1. The zero-order valence-corrected chi connectivity index (χ0v) is 12.4. The van der Waals surface area contributed by atoms with E-state index in [0.29, 0.717) is 5.56 Å². The van der Waals surface area contributed by atoms with Crippen LogP contribution in [0.1, 0.15) is 27.0 Å². The summed E-state index contributed by atoms with van der Waals surface area (Å²) in [7, 11) is 0. The zero-order valence-electron chi connectivity index (χ0n) is 11.6. The Balaban J connectivity index is 2.03. The highest BCUT2D eigenvalue weighted by Crippen LogP contribution is 2.45. The Labute approximate surface area is 127 Å². The normalized spacial score (nSPS) is 12.6. The minimum Gasteiger partial charge on any atom is -0.435 e. The molecule has 1 heterocycles. The lowest BCUT2D eigenvalue weighted by Gasteiger charge is -2.22. The number of aliphatic hydroxyl groups is 1. The van der Waals surface area contributed by atoms with Gasteiger partial charge in [0.25, 0.3) is 0 Å². The Morgan fingerprint density at radius 3 is 2.76 bits per heavy atom. The van der Waals surface area contributed by atoms with Crippen molar-refractivity contribution in [2.45, 2.75) is 16.7 Å². The van der Waals surface area contributed by atoms with Gasteiger partial charge in [-0.05, 0) is 41.8 Å². The second-order valence-corrected chi connectivity index (χ2v) is 5.94. The highest BCUT2D eigenvalue weighted by molar-refractivity contribution is 7.99. The third-order valence-electron chi connectivity index (χ3n) is 3.42. The van der Waals surface area contributed by atoms with Crippen LogP contribution in [0.5, 0.6) is 0 Å². The van der Waals surface area contributed by atoms with Gasteiger partial charge in [0.05, 0.1) is 5.56 Å². The van der Waals surface area contributed by atoms with Gasteiger partial charge >= 0.3 is 5.97 Å². The first kappa shape index (κ1) is 13.9. The van der Waals surface area contributed by atoms with E-state index in [1.165, 1.54) is 5.56 Å². The Hall–Kier alpha value is -2.04. The Bertz CT molecular complexity index is 750. The van der Waals surface area contributed by atoms with Crippen LogP contribution in [0, 0.1) is 6.92 Å². The van der Waals surface area contributed by atoms with Crippen molar-refractivity contribution in [3.8, 4) is 0 Å². The smallest absolute Gasteiger partial charge is 0.340 e. The SMILES string of the molecule is C=C1c2ccc(C(=O)OCO)cc2Sc2ccc(C)cc21. The summed E-state index contributed by atoms with van der Waals surface area (Å²) >= 11 is 1.61. The molecule has 21 heavy (non-hydrogen) atoms. The molecular formula is C17H14O3S. The monoisotopic (exact) mass is 298 g/mol. The van der Waals surface area contributed by atoms with E-state index in [9.17, 15) is 4.79 Å². The molecule has 0 saturated heterocycles. The second kappa shape index (κ2) is 5.39. The molecule has 0 unspecified atom stereocenters. The van der Waals surface area contributed by atoms with Crippen molar-refractivity contribution in [3.05, 3.63) is 65.2 Å². The van der Waals surface area contributed by atoms with Crippen molar-refractivity contribution >= 4 is 23.3 Å². The van der Waals surface area contributed by atoms with E-state index in [2.05, 4.69) is 36.4 Å². The Kier molecular flexibility index (Phi) is 3.57. The molecule has 0 radical (unpaired) electrons. The molecule has 1 aliphatic rings. The van der Waals surface area contributed by atoms with E-state index in [4.69, 9.17) is 5.11 Å². The number of esters is 1. The molecule has 0 saturated carbocycles. The van der Waals surface area contributed by atoms with E-state index in [-0.39, 0.29) is 0 Å². The molecule has 0 atom stereocenters. The fraction of sp³-hybridized carbons (Fsp3) is 0.118. The highest BCUT2D eigenvalue weighted by atomic mass is 32.2. The number of benzene rings is 2. The number of carbonyl (C=O) groups is 1. The molecule has 0 bridgehead atoms. The van der Waals surface area contributed by atoms with Gasteiger partial charge in [-0.2, -0.15) is 0 Å². The molecule has 0 fully saturated rings. The third-order valence-corrected chi connectivity index (χ3v) is 4.55. The van der Waals surface area contributed by atoms with E-state index in [1.807, 2.05) is 6.07 Å². The summed E-state index contributed by atoms with van der Waals surface area (Å²) in [5, 5.41) is 8.67. The maximum absolute atomic E-state index is 11.7. The van der Waals surface area contributed by atoms with Gasteiger partial charge in [0, 0.05) is 9.79 Å². The fourth-order valence-electron chi connectivity index (χ4n) is 2.36. The number of fused-ring (bicyclic) bond motifs is 2. The summed E-state index contributed by atoms with van der Waals surface area (Å²) in [6.07, 6.45) is 0. The lowest BCUT2D eigenvalue weighted by Crippen LogP contribution is -2.07. The van der Waals surface area contributed by atoms with Gasteiger partial charge in [0.15, 0.2) is 6.79 Å². The molecule has 0 spiro atoms. The number of hydrogen-bond acceptors (Lipinski definition) is 4. The number of carbonyl (C=O) groups excluding carboxylic acids is 1. The fourth-order valence-corrected chi connectivity index (χ4v) is 3.51. The summed E-state index contributed by atoms with van der Waals surface area (Å²) in [4.78, 5) is 13.8. The average molecular weight is 298 g/mol. The van der Waals surface area contributed by atoms with E-state index >= 15 is 0 Å². The predicted molar refractivity (Wildman–Crippen MR) is 82.4 cm³/mol. The van der Waals surface area contributed by atoms with Gasteiger partial charge in [0.2, 0.25) is 0 Å². The largest absolute Gasteiger partial charge is 0.435 e. The Morgan fingerprint density at radius 1 is 1.19 bits per heavy atom. The van der Waals surface area contributed by atoms with E-state index in [0.717, 1.165) is 26.5 Å². The van der Waals surface area contributed by atoms with Crippen molar-refractivity contribution in [3.63, 3.8) is 0 Å². The van der Waals surface area contributed by atoms with Crippen molar-refractivity contribution in [2.24, 2.45) is 0 Å². The van der Waals surface area contributed by atoms with Gasteiger partial charge in [-0.25, -0.2) is 4.79 Å². The molecule has 3 rings (SSSR count). The molecule has 2 aromatic carbocycles. The van der Waals surface area contributed by atoms with Crippen LogP contribution in [-0.4, -0.2) is 17.9 Å². The summed E-state index contributed by atoms with van der Waals surface area (Å²) in [5.41, 5.74) is 4.75. The topological polar surface area (TPSA) is 46.5 Å². The number of ether oxygens (including phenoxy) is 1. The van der Waals surface area contributed by atoms with Gasteiger partial charge in [-0.15, -0.1) is 0 Å². The van der Waals surface area contributed by atoms with Crippen molar-refractivity contribution < 1.29 is 14.6 Å². The first-order valence-corrected chi connectivity index (χ1v) is 7.32. The van der Waals surface area contributed by atoms with E-state index < -0.39 is 12.8 Å². The van der Waals surface area contributed by atoms with Crippen molar-refractivity contribution in [1.29, 1.82) is 0 Å². The van der Waals surface area contributed by atoms with Gasteiger partial charge in [-0.3, -0.25) is 0 Å². The summed E-state index contributed by atoms with van der Waals surface area (Å²) in [5.74, 6) is -0.527. The van der Waals surface area contributed by atoms with Crippen molar-refractivity contribution in [1.82, 2.24) is 0 Å². The predicted octanol–water partition coefficient (Wildman–Crippen LogP) is 3.63. The molecule has 1 aliphatic heterocycles. The molecule has 106 valence electrons. The zero-order chi connectivity index (χ0) is 15.0. The molecule has 2 aromatic rings. The minimum atomic E-state index is -0.613. The highest BCUT2D eigenvalue weighted by Gasteiger charge is 2.21. The standard InChI is InChI=1S/C17H14O3S/c1-10-3-6-15-14(7-10)11(2)13-5-4-12(8-16(13)21-15)17(19)20-9-18/h3-8,18H,2,9H2,1H3. The number of aliphatic hydroxyl groups excluding tert-OH is 1. The van der Waals surface area contributed by atoms with Gasteiger partial charge in [-0.1, -0.05) is 42.1 Å². The lowest BCUT2D eigenvalue weighted by atomic mass is 9.96. The Morgan fingerprint density at radius 2 is 2.00 bits per heavy atom. The van der Waals surface area contributed by atoms with Crippen LogP contribution in [-0.2, 0) is 4.74 Å². The first-order chi connectivity index (χ1) is 10.1. The quantitative estimate of drug-likeness (QED) is 0.580.